The Morgan fingerprint density at radius 2 is 1.94 bits per heavy atom. The average molecular weight is 253 g/mol. The van der Waals surface area contributed by atoms with Crippen molar-refractivity contribution < 1.29 is 4.79 Å². The Hall–Kier alpha value is -0.610. The Balaban J connectivity index is 2.01. The molecule has 2 unspecified atom stereocenters. The first kappa shape index (κ1) is 13.8. The number of carbonyl (C=O) groups excluding carboxylic acids is 1. The molecule has 3 N–H and O–H groups in total. The minimum absolute atomic E-state index is 0.0552. The van der Waals surface area contributed by atoms with Crippen molar-refractivity contribution in [3.05, 3.63) is 0 Å². The summed E-state index contributed by atoms with van der Waals surface area (Å²) in [6.07, 6.45) is 8.09. The Bertz CT molecular complexity index is 301. The summed E-state index contributed by atoms with van der Waals surface area (Å²) in [7, 11) is 0. The zero-order chi connectivity index (χ0) is 13.2. The van der Waals surface area contributed by atoms with E-state index in [9.17, 15) is 4.79 Å². The molecule has 1 saturated carbocycles. The van der Waals surface area contributed by atoms with Crippen molar-refractivity contribution in [3.63, 3.8) is 0 Å². The number of nitrogens with zero attached hydrogens (tertiary/aromatic N) is 1. The summed E-state index contributed by atoms with van der Waals surface area (Å²) in [6, 6.07) is 0.706. The fourth-order valence-corrected chi connectivity index (χ4v) is 3.70. The largest absolute Gasteiger partial charge is 0.299 e. The van der Waals surface area contributed by atoms with E-state index in [1.165, 1.54) is 38.5 Å². The molecule has 0 aromatic heterocycles. The first-order valence-corrected chi connectivity index (χ1v) is 7.30. The quantitative estimate of drug-likeness (QED) is 0.457. The predicted molar refractivity (Wildman–Crippen MR) is 72.7 cm³/mol. The molecule has 2 rings (SSSR count). The second-order valence-corrected chi connectivity index (χ2v) is 6.58. The van der Waals surface area contributed by atoms with Crippen molar-refractivity contribution in [2.45, 2.75) is 58.4 Å². The van der Waals surface area contributed by atoms with E-state index in [4.69, 9.17) is 5.84 Å². The highest BCUT2D eigenvalue weighted by Crippen LogP contribution is 2.36. The highest BCUT2D eigenvalue weighted by atomic mass is 16.2. The smallest absolute Gasteiger partial charge is 0.240 e. The number of carbonyl (C=O) groups is 1. The van der Waals surface area contributed by atoms with E-state index < -0.39 is 5.41 Å². The lowest BCUT2D eigenvalue weighted by atomic mass is 9.77. The van der Waals surface area contributed by atoms with Gasteiger partial charge in [-0.1, -0.05) is 12.8 Å². The summed E-state index contributed by atoms with van der Waals surface area (Å²) < 4.78 is 0. The normalized spacial score (nSPS) is 29.7. The molecule has 1 aliphatic heterocycles. The van der Waals surface area contributed by atoms with E-state index in [0.717, 1.165) is 19.0 Å². The van der Waals surface area contributed by atoms with Gasteiger partial charge >= 0.3 is 0 Å². The SMILES string of the molecule is CC(C)(CN1CCCC2CCCCC21)C(=O)NN. The van der Waals surface area contributed by atoms with Crippen LogP contribution in [0.2, 0.25) is 0 Å². The predicted octanol–water partition coefficient (Wildman–Crippen LogP) is 1.66. The van der Waals surface area contributed by atoms with Crippen molar-refractivity contribution in [2.24, 2.45) is 17.2 Å². The lowest BCUT2D eigenvalue weighted by molar-refractivity contribution is -0.131. The summed E-state index contributed by atoms with van der Waals surface area (Å²) in [5.74, 6) is 6.09. The third kappa shape index (κ3) is 2.86. The molecule has 104 valence electrons. The molecule has 4 heteroatoms. The maximum absolute atomic E-state index is 11.8. The zero-order valence-electron chi connectivity index (χ0n) is 11.7. The number of hydrazine groups is 1. The molecule has 18 heavy (non-hydrogen) atoms. The molecular weight excluding hydrogens is 226 g/mol. The maximum Gasteiger partial charge on any atom is 0.240 e. The molecule has 1 amide bonds. The lowest BCUT2D eigenvalue weighted by Gasteiger charge is -2.46. The maximum atomic E-state index is 11.8. The second kappa shape index (κ2) is 5.57. The van der Waals surface area contributed by atoms with Crippen LogP contribution >= 0.6 is 0 Å². The van der Waals surface area contributed by atoms with Gasteiger partial charge in [-0.25, -0.2) is 5.84 Å². The topological polar surface area (TPSA) is 58.4 Å². The van der Waals surface area contributed by atoms with Gasteiger partial charge in [0.1, 0.15) is 0 Å². The van der Waals surface area contributed by atoms with Crippen LogP contribution in [0.1, 0.15) is 52.4 Å². The first-order valence-electron chi connectivity index (χ1n) is 7.30. The molecule has 1 heterocycles. The van der Waals surface area contributed by atoms with E-state index in [-0.39, 0.29) is 5.91 Å². The molecule has 0 spiro atoms. The van der Waals surface area contributed by atoms with Gasteiger partial charge in [0.15, 0.2) is 0 Å². The fraction of sp³-hybridized carbons (Fsp3) is 0.929. The number of hydrogen-bond donors (Lipinski definition) is 2. The number of hydrogen-bond acceptors (Lipinski definition) is 3. The molecule has 0 aromatic carbocycles. The van der Waals surface area contributed by atoms with Gasteiger partial charge in [0.05, 0.1) is 5.41 Å². The second-order valence-electron chi connectivity index (χ2n) is 6.58. The van der Waals surface area contributed by atoms with Gasteiger partial charge in [-0.05, 0) is 52.0 Å². The van der Waals surface area contributed by atoms with Crippen LogP contribution in [0, 0.1) is 11.3 Å². The van der Waals surface area contributed by atoms with Crippen LogP contribution in [0.25, 0.3) is 0 Å². The van der Waals surface area contributed by atoms with Gasteiger partial charge in [-0.15, -0.1) is 0 Å². The lowest BCUT2D eigenvalue weighted by Crippen LogP contribution is -2.53. The van der Waals surface area contributed by atoms with Crippen molar-refractivity contribution in [2.75, 3.05) is 13.1 Å². The fourth-order valence-electron chi connectivity index (χ4n) is 3.70. The number of rotatable bonds is 3. The number of nitrogens with two attached hydrogens (primary N) is 1. The van der Waals surface area contributed by atoms with E-state index in [1.54, 1.807) is 0 Å². The molecule has 0 bridgehead atoms. The van der Waals surface area contributed by atoms with Crippen molar-refractivity contribution in [1.29, 1.82) is 0 Å². The number of likely N-dealkylation sites (tertiary alicyclic amines) is 1. The summed E-state index contributed by atoms with van der Waals surface area (Å²) in [5, 5.41) is 0. The van der Waals surface area contributed by atoms with Crippen molar-refractivity contribution in [1.82, 2.24) is 10.3 Å². The number of nitrogens with one attached hydrogen (secondary N) is 1. The molecule has 1 aliphatic carbocycles. The third-order valence-electron chi connectivity index (χ3n) is 4.70. The van der Waals surface area contributed by atoms with E-state index in [1.807, 2.05) is 13.8 Å². The standard InChI is InChI=1S/C14H27N3O/c1-14(2,13(18)16-15)10-17-9-5-7-11-6-3-4-8-12(11)17/h11-12H,3-10,15H2,1-2H3,(H,16,18). The Morgan fingerprint density at radius 3 is 2.67 bits per heavy atom. The number of fused-ring (bicyclic) bond motifs is 1. The zero-order valence-corrected chi connectivity index (χ0v) is 11.7. The monoisotopic (exact) mass is 253 g/mol. The van der Waals surface area contributed by atoms with Crippen molar-refractivity contribution >= 4 is 5.91 Å². The van der Waals surface area contributed by atoms with E-state index in [0.29, 0.717) is 6.04 Å². The molecule has 2 fully saturated rings. The summed E-state index contributed by atoms with van der Waals surface area (Å²) in [5.41, 5.74) is 1.91. The van der Waals surface area contributed by atoms with Gasteiger partial charge in [-0.3, -0.25) is 15.1 Å². The third-order valence-corrected chi connectivity index (χ3v) is 4.70. The molecular formula is C14H27N3O. The Kier molecular flexibility index (Phi) is 4.28. The van der Waals surface area contributed by atoms with Gasteiger partial charge in [0.25, 0.3) is 0 Å². The highest BCUT2D eigenvalue weighted by Gasteiger charge is 2.37. The van der Waals surface area contributed by atoms with Crippen LogP contribution in [0.15, 0.2) is 0 Å². The minimum atomic E-state index is -0.395. The van der Waals surface area contributed by atoms with Gasteiger partial charge < -0.3 is 0 Å². The minimum Gasteiger partial charge on any atom is -0.299 e. The van der Waals surface area contributed by atoms with Crippen LogP contribution < -0.4 is 11.3 Å². The molecule has 0 radical (unpaired) electrons. The van der Waals surface area contributed by atoms with E-state index >= 15 is 0 Å². The van der Waals surface area contributed by atoms with Gasteiger partial charge in [0.2, 0.25) is 5.91 Å². The van der Waals surface area contributed by atoms with E-state index in [2.05, 4.69) is 10.3 Å². The van der Waals surface area contributed by atoms with Crippen molar-refractivity contribution in [3.8, 4) is 0 Å². The Labute approximate surface area is 110 Å². The summed E-state index contributed by atoms with van der Waals surface area (Å²) in [4.78, 5) is 14.3. The molecule has 4 nitrogen and oxygen atoms in total. The highest BCUT2D eigenvalue weighted by molar-refractivity contribution is 5.81. The number of piperidine rings is 1. The summed E-state index contributed by atoms with van der Waals surface area (Å²) >= 11 is 0. The van der Waals surface area contributed by atoms with Crippen LogP contribution in [0.5, 0.6) is 0 Å². The first-order chi connectivity index (χ1) is 8.54. The van der Waals surface area contributed by atoms with Crippen LogP contribution in [0.4, 0.5) is 0 Å². The molecule has 1 saturated heterocycles. The molecule has 2 aliphatic rings. The van der Waals surface area contributed by atoms with Crippen LogP contribution in [-0.4, -0.2) is 29.9 Å². The molecule has 0 aromatic rings. The molecule has 2 atom stereocenters. The Morgan fingerprint density at radius 1 is 1.28 bits per heavy atom. The van der Waals surface area contributed by atoms with Crippen LogP contribution in [-0.2, 0) is 4.79 Å². The number of amides is 1. The average Bonchev–Trinajstić information content (AvgIpc) is 2.38. The van der Waals surface area contributed by atoms with Gasteiger partial charge in [-0.2, -0.15) is 0 Å². The van der Waals surface area contributed by atoms with Crippen LogP contribution in [0.3, 0.4) is 0 Å². The summed E-state index contributed by atoms with van der Waals surface area (Å²) in [6.45, 7) is 5.95. The van der Waals surface area contributed by atoms with Gasteiger partial charge in [0, 0.05) is 12.6 Å².